The smallest absolute Gasteiger partial charge is 0.239 e. The van der Waals surface area contributed by atoms with E-state index < -0.39 is 0 Å². The van der Waals surface area contributed by atoms with E-state index in [9.17, 15) is 4.79 Å². The normalized spacial score (nSPS) is 27.6. The topological polar surface area (TPSA) is 53.6 Å². The van der Waals surface area contributed by atoms with E-state index >= 15 is 0 Å². The van der Waals surface area contributed by atoms with E-state index in [2.05, 4.69) is 15.5 Å². The van der Waals surface area contributed by atoms with Crippen molar-refractivity contribution >= 4 is 42.5 Å². The van der Waals surface area contributed by atoms with Crippen LogP contribution in [-0.2, 0) is 9.53 Å². The molecule has 0 aromatic heterocycles. The molecule has 1 aliphatic carbocycles. The van der Waals surface area contributed by atoms with Gasteiger partial charge in [0, 0.05) is 43.2 Å². The predicted molar refractivity (Wildman–Crippen MR) is 100 cm³/mol. The van der Waals surface area contributed by atoms with Crippen molar-refractivity contribution < 1.29 is 9.53 Å². The molecule has 3 aliphatic rings. The maximum Gasteiger partial charge on any atom is 0.239 e. The number of carbonyl (C=O) groups excluding carboxylic acids is 1. The molecular weight excluding hydrogens is 357 g/mol. The van der Waals surface area contributed by atoms with E-state index in [4.69, 9.17) is 4.74 Å². The molecule has 5 nitrogen and oxygen atoms in total. The Labute approximate surface area is 155 Å². The first-order chi connectivity index (χ1) is 10.3. The van der Waals surface area contributed by atoms with Gasteiger partial charge in [0.15, 0.2) is 0 Å². The van der Waals surface area contributed by atoms with E-state index in [0.717, 1.165) is 13.1 Å². The Balaban J connectivity index is 0.00000132. The zero-order valence-corrected chi connectivity index (χ0v) is 16.0. The summed E-state index contributed by atoms with van der Waals surface area (Å²) in [6, 6.07) is -0.172. The van der Waals surface area contributed by atoms with Crippen LogP contribution in [0.3, 0.4) is 0 Å². The molecule has 23 heavy (non-hydrogen) atoms. The maximum atomic E-state index is 12.3. The van der Waals surface area contributed by atoms with Gasteiger partial charge in [-0.1, -0.05) is 12.8 Å². The molecule has 0 aromatic carbocycles. The van der Waals surface area contributed by atoms with Gasteiger partial charge in [0.2, 0.25) is 5.91 Å². The Bertz CT molecular complexity index is 359. The van der Waals surface area contributed by atoms with Crippen LogP contribution in [0, 0.1) is 0 Å². The number of carbonyl (C=O) groups is 1. The lowest BCUT2D eigenvalue weighted by atomic mass is 9.94. The summed E-state index contributed by atoms with van der Waals surface area (Å²) in [7, 11) is 0. The zero-order chi connectivity index (χ0) is 14.5. The largest absolute Gasteiger partial charge is 0.378 e. The summed E-state index contributed by atoms with van der Waals surface area (Å²) in [5.74, 6) is 2.56. The Kier molecular flexibility index (Phi) is 9.56. The van der Waals surface area contributed by atoms with Crippen LogP contribution < -0.4 is 10.6 Å². The van der Waals surface area contributed by atoms with Gasteiger partial charge in [0.1, 0.15) is 6.04 Å². The SMILES string of the molecule is Cl.Cl.O=C(NCC1(N2CCSCC2)CCCC1)C1COCCN1. The molecular formula is C15H29Cl2N3O2S. The van der Waals surface area contributed by atoms with Gasteiger partial charge < -0.3 is 15.4 Å². The minimum Gasteiger partial charge on any atom is -0.378 e. The Hall–Kier alpha value is 0.280. The van der Waals surface area contributed by atoms with Crippen LogP contribution in [0.25, 0.3) is 0 Å². The molecule has 3 fully saturated rings. The number of ether oxygens (including phenoxy) is 1. The number of nitrogens with zero attached hydrogens (tertiary/aromatic N) is 1. The van der Waals surface area contributed by atoms with Crippen molar-refractivity contribution in [2.24, 2.45) is 0 Å². The minimum absolute atomic E-state index is 0. The fourth-order valence-corrected chi connectivity index (χ4v) is 4.69. The first-order valence-electron chi connectivity index (χ1n) is 8.22. The third-order valence-electron chi connectivity index (χ3n) is 5.05. The van der Waals surface area contributed by atoms with Crippen molar-refractivity contribution in [3.8, 4) is 0 Å². The molecule has 2 saturated heterocycles. The summed E-state index contributed by atoms with van der Waals surface area (Å²) in [5.41, 5.74) is 0.214. The molecule has 8 heteroatoms. The number of morpholine rings is 1. The summed E-state index contributed by atoms with van der Waals surface area (Å²) < 4.78 is 5.38. The molecule has 1 amide bonds. The highest BCUT2D eigenvalue weighted by Gasteiger charge is 2.40. The molecule has 0 spiro atoms. The Morgan fingerprint density at radius 2 is 1.96 bits per heavy atom. The summed E-state index contributed by atoms with van der Waals surface area (Å²) in [4.78, 5) is 14.9. The van der Waals surface area contributed by atoms with Crippen LogP contribution in [0.2, 0.25) is 0 Å². The highest BCUT2D eigenvalue weighted by molar-refractivity contribution is 7.99. The van der Waals surface area contributed by atoms with Crippen molar-refractivity contribution in [2.75, 3.05) is 50.9 Å². The van der Waals surface area contributed by atoms with Gasteiger partial charge in [-0.15, -0.1) is 24.8 Å². The van der Waals surface area contributed by atoms with Crippen molar-refractivity contribution in [3.63, 3.8) is 0 Å². The van der Waals surface area contributed by atoms with Crippen molar-refractivity contribution in [3.05, 3.63) is 0 Å². The molecule has 1 unspecified atom stereocenters. The second-order valence-electron chi connectivity index (χ2n) is 6.33. The monoisotopic (exact) mass is 385 g/mol. The molecule has 0 bridgehead atoms. The first kappa shape index (κ1) is 21.3. The molecule has 136 valence electrons. The lowest BCUT2D eigenvalue weighted by Crippen LogP contribution is -2.59. The lowest BCUT2D eigenvalue weighted by molar-refractivity contribution is -0.126. The third kappa shape index (κ3) is 5.38. The van der Waals surface area contributed by atoms with E-state index in [0.29, 0.717) is 13.2 Å². The summed E-state index contributed by atoms with van der Waals surface area (Å²) >= 11 is 2.05. The van der Waals surface area contributed by atoms with Gasteiger partial charge in [-0.2, -0.15) is 11.8 Å². The van der Waals surface area contributed by atoms with Gasteiger partial charge in [-0.25, -0.2) is 0 Å². The molecule has 2 aliphatic heterocycles. The van der Waals surface area contributed by atoms with Crippen LogP contribution in [0.15, 0.2) is 0 Å². The van der Waals surface area contributed by atoms with Crippen molar-refractivity contribution in [1.29, 1.82) is 0 Å². The van der Waals surface area contributed by atoms with E-state index in [1.54, 1.807) is 0 Å². The standard InChI is InChI=1S/C15H27N3O2S.2ClH/c19-14(13-11-20-8-5-16-13)17-12-15(3-1-2-4-15)18-6-9-21-10-7-18;;/h13,16H,1-12H2,(H,17,19);2*1H. The van der Waals surface area contributed by atoms with Gasteiger partial charge in [0.25, 0.3) is 0 Å². The summed E-state index contributed by atoms with van der Waals surface area (Å²) in [6.07, 6.45) is 5.05. The maximum absolute atomic E-state index is 12.3. The molecule has 2 heterocycles. The van der Waals surface area contributed by atoms with Crippen molar-refractivity contribution in [1.82, 2.24) is 15.5 Å². The quantitative estimate of drug-likeness (QED) is 0.763. The average Bonchev–Trinajstić information content (AvgIpc) is 3.04. The van der Waals surface area contributed by atoms with Crippen LogP contribution in [0.1, 0.15) is 25.7 Å². The lowest BCUT2D eigenvalue weighted by Gasteiger charge is -2.43. The molecule has 3 rings (SSSR count). The minimum atomic E-state index is -0.172. The first-order valence-corrected chi connectivity index (χ1v) is 9.37. The van der Waals surface area contributed by atoms with Gasteiger partial charge in [-0.05, 0) is 12.8 Å². The number of thioether (sulfide) groups is 1. The van der Waals surface area contributed by atoms with E-state index in [-0.39, 0.29) is 42.3 Å². The zero-order valence-electron chi connectivity index (χ0n) is 13.6. The second-order valence-corrected chi connectivity index (χ2v) is 7.56. The number of halogens is 2. The Morgan fingerprint density at radius 3 is 2.57 bits per heavy atom. The number of hydrogen-bond acceptors (Lipinski definition) is 5. The average molecular weight is 386 g/mol. The van der Waals surface area contributed by atoms with Crippen LogP contribution in [-0.4, -0.2) is 73.3 Å². The Morgan fingerprint density at radius 1 is 1.26 bits per heavy atom. The van der Waals surface area contributed by atoms with Crippen LogP contribution in [0.5, 0.6) is 0 Å². The second kappa shape index (κ2) is 10.3. The van der Waals surface area contributed by atoms with E-state index in [1.807, 2.05) is 11.8 Å². The van der Waals surface area contributed by atoms with Gasteiger partial charge in [-0.3, -0.25) is 9.69 Å². The highest BCUT2D eigenvalue weighted by atomic mass is 35.5. The van der Waals surface area contributed by atoms with Gasteiger partial charge >= 0.3 is 0 Å². The summed E-state index contributed by atoms with van der Waals surface area (Å²) in [5, 5.41) is 6.43. The number of rotatable bonds is 4. The van der Waals surface area contributed by atoms with Gasteiger partial charge in [0.05, 0.1) is 13.2 Å². The van der Waals surface area contributed by atoms with E-state index in [1.165, 1.54) is 50.3 Å². The molecule has 0 radical (unpaired) electrons. The number of amides is 1. The highest BCUT2D eigenvalue weighted by Crippen LogP contribution is 2.36. The molecule has 2 N–H and O–H groups in total. The fourth-order valence-electron chi connectivity index (χ4n) is 3.78. The predicted octanol–water partition coefficient (Wildman–Crippen LogP) is 1.30. The van der Waals surface area contributed by atoms with Crippen molar-refractivity contribution in [2.45, 2.75) is 37.3 Å². The van der Waals surface area contributed by atoms with Crippen LogP contribution in [0.4, 0.5) is 0 Å². The fraction of sp³-hybridized carbons (Fsp3) is 0.933. The molecule has 1 atom stereocenters. The molecule has 0 aromatic rings. The van der Waals surface area contributed by atoms with Crippen LogP contribution >= 0.6 is 36.6 Å². The third-order valence-corrected chi connectivity index (χ3v) is 5.99. The number of nitrogens with one attached hydrogen (secondary N) is 2. The summed E-state index contributed by atoms with van der Waals surface area (Å²) in [6.45, 7) is 5.12. The molecule has 1 saturated carbocycles. The number of hydrogen-bond donors (Lipinski definition) is 2.